The molecule has 0 rings (SSSR count). The van der Waals surface area contributed by atoms with Gasteiger partial charge in [-0.15, -0.1) is 0 Å². The first-order valence-corrected chi connectivity index (χ1v) is 3.06. The zero-order chi connectivity index (χ0) is 6.95. The second-order valence-electron chi connectivity index (χ2n) is 1.49. The number of aliphatic imine (C=N–C) groups is 2. The third-order valence-corrected chi connectivity index (χ3v) is 0.656. The lowest BCUT2D eigenvalue weighted by atomic mass is 10.5. The number of hydrogen-bond acceptors (Lipinski definition) is 1. The van der Waals surface area contributed by atoms with Crippen molar-refractivity contribution in [3.63, 3.8) is 0 Å². The minimum atomic E-state index is 0.960. The summed E-state index contributed by atoms with van der Waals surface area (Å²) in [6.07, 6.45) is 7.86. The van der Waals surface area contributed by atoms with Crippen LogP contribution in [0.3, 0.4) is 0 Å². The van der Waals surface area contributed by atoms with Gasteiger partial charge < -0.3 is 0 Å². The van der Waals surface area contributed by atoms with E-state index in [1.807, 2.05) is 26.1 Å². The smallest absolute Gasteiger partial charge is 0.114 e. The van der Waals surface area contributed by atoms with Gasteiger partial charge >= 0.3 is 0 Å². The third-order valence-electron chi connectivity index (χ3n) is 0.656. The highest BCUT2D eigenvalue weighted by Crippen LogP contribution is 1.71. The Morgan fingerprint density at radius 3 is 2.67 bits per heavy atom. The van der Waals surface area contributed by atoms with Crippen molar-refractivity contribution in [1.82, 2.24) is 0 Å². The van der Waals surface area contributed by atoms with Gasteiger partial charge in [0, 0.05) is 12.4 Å². The number of allylic oxidation sites excluding steroid dienone is 1. The van der Waals surface area contributed by atoms with E-state index >= 15 is 0 Å². The molecule has 50 valence electrons. The molecule has 0 heterocycles. The van der Waals surface area contributed by atoms with E-state index in [-0.39, 0.29) is 0 Å². The Labute approximate surface area is 56.0 Å². The summed E-state index contributed by atoms with van der Waals surface area (Å²) in [6, 6.07) is 0. The Balaban J connectivity index is 3.35. The summed E-state index contributed by atoms with van der Waals surface area (Å²) in [5.74, 6) is 0. The largest absolute Gasteiger partial charge is 0.249 e. The molecule has 0 radical (unpaired) electrons. The van der Waals surface area contributed by atoms with Gasteiger partial charge in [-0.2, -0.15) is 0 Å². The molecule has 0 aliphatic heterocycles. The molecule has 0 fully saturated rings. The number of nitrogens with zero attached hydrogens (tertiary/aromatic N) is 2. The zero-order valence-corrected chi connectivity index (χ0v) is 5.91. The Morgan fingerprint density at radius 1 is 1.33 bits per heavy atom. The lowest BCUT2D eigenvalue weighted by molar-refractivity contribution is 1.32. The lowest BCUT2D eigenvalue weighted by Crippen LogP contribution is -1.67. The van der Waals surface area contributed by atoms with Gasteiger partial charge in [0.1, 0.15) is 6.34 Å². The van der Waals surface area contributed by atoms with Crippen molar-refractivity contribution in [2.75, 3.05) is 0 Å². The standard InChI is InChI=1S/C7H12N2/c1-3-5-8-7-9-6-4-2/h3,5-7H,4H2,1-2H3/b5-3-,8-7?,9-6?. The molecule has 0 aromatic rings. The normalized spacial score (nSPS) is 12.7. The summed E-state index contributed by atoms with van der Waals surface area (Å²) >= 11 is 0. The van der Waals surface area contributed by atoms with Gasteiger partial charge in [-0.05, 0) is 13.3 Å². The minimum absolute atomic E-state index is 0.960. The molecule has 0 spiro atoms. The van der Waals surface area contributed by atoms with Gasteiger partial charge in [0.15, 0.2) is 0 Å². The Hall–Kier alpha value is -0.920. The summed E-state index contributed by atoms with van der Waals surface area (Å²) in [7, 11) is 0. The molecule has 9 heavy (non-hydrogen) atoms. The quantitative estimate of drug-likeness (QED) is 0.406. The first kappa shape index (κ1) is 8.08. The first-order valence-electron chi connectivity index (χ1n) is 3.06. The highest BCUT2D eigenvalue weighted by Gasteiger charge is 1.61. The molecule has 2 nitrogen and oxygen atoms in total. The van der Waals surface area contributed by atoms with Crippen LogP contribution >= 0.6 is 0 Å². The van der Waals surface area contributed by atoms with E-state index < -0.39 is 0 Å². The molecular formula is C7H12N2. The molecule has 0 saturated heterocycles. The van der Waals surface area contributed by atoms with Crippen molar-refractivity contribution in [3.8, 4) is 0 Å². The average molecular weight is 124 g/mol. The fraction of sp³-hybridized carbons (Fsp3) is 0.429. The molecule has 0 aromatic carbocycles. The third kappa shape index (κ3) is 7.08. The van der Waals surface area contributed by atoms with Crippen LogP contribution in [0.15, 0.2) is 22.3 Å². The summed E-state index contributed by atoms with van der Waals surface area (Å²) in [5.41, 5.74) is 0. The van der Waals surface area contributed by atoms with Gasteiger partial charge in [0.05, 0.1) is 0 Å². The highest BCUT2D eigenvalue weighted by molar-refractivity contribution is 5.72. The van der Waals surface area contributed by atoms with Crippen molar-refractivity contribution in [2.45, 2.75) is 20.3 Å². The SMILES string of the molecule is C/C=C\N=CN=CCC. The summed E-state index contributed by atoms with van der Waals surface area (Å²) < 4.78 is 0. The van der Waals surface area contributed by atoms with Crippen LogP contribution < -0.4 is 0 Å². The molecule has 0 saturated carbocycles. The fourth-order valence-corrected chi connectivity index (χ4v) is 0.316. The molecule has 0 bridgehead atoms. The number of rotatable bonds is 3. The summed E-state index contributed by atoms with van der Waals surface area (Å²) in [6.45, 7) is 3.95. The van der Waals surface area contributed by atoms with Crippen LogP contribution in [0, 0.1) is 0 Å². The first-order chi connectivity index (χ1) is 4.41. The van der Waals surface area contributed by atoms with Crippen LogP contribution in [-0.4, -0.2) is 12.6 Å². The maximum absolute atomic E-state index is 3.86. The van der Waals surface area contributed by atoms with Crippen LogP contribution in [0.1, 0.15) is 20.3 Å². The van der Waals surface area contributed by atoms with Gasteiger partial charge in [-0.25, -0.2) is 9.98 Å². The lowest BCUT2D eigenvalue weighted by Gasteiger charge is -1.73. The average Bonchev–Trinajstić information content (AvgIpc) is 1.89. The van der Waals surface area contributed by atoms with Crippen LogP contribution in [0.25, 0.3) is 0 Å². The van der Waals surface area contributed by atoms with Crippen molar-refractivity contribution in [1.29, 1.82) is 0 Å². The molecular weight excluding hydrogens is 112 g/mol. The fourth-order valence-electron chi connectivity index (χ4n) is 0.316. The minimum Gasteiger partial charge on any atom is -0.249 e. The van der Waals surface area contributed by atoms with Crippen LogP contribution in [0.2, 0.25) is 0 Å². The Bertz CT molecular complexity index is 123. The molecule has 0 N–H and O–H groups in total. The van der Waals surface area contributed by atoms with E-state index in [9.17, 15) is 0 Å². The van der Waals surface area contributed by atoms with E-state index in [0.717, 1.165) is 6.42 Å². The maximum atomic E-state index is 3.86. The zero-order valence-electron chi connectivity index (χ0n) is 5.91. The van der Waals surface area contributed by atoms with Crippen LogP contribution in [0.4, 0.5) is 0 Å². The van der Waals surface area contributed by atoms with Crippen molar-refractivity contribution in [2.24, 2.45) is 9.98 Å². The Kier molecular flexibility index (Phi) is 6.36. The summed E-state index contributed by atoms with van der Waals surface area (Å²) in [4.78, 5) is 7.68. The van der Waals surface area contributed by atoms with E-state index in [4.69, 9.17) is 0 Å². The van der Waals surface area contributed by atoms with E-state index in [2.05, 4.69) is 9.98 Å². The predicted molar refractivity (Wildman–Crippen MR) is 42.1 cm³/mol. The second kappa shape index (κ2) is 7.08. The highest BCUT2D eigenvalue weighted by atomic mass is 14.8. The van der Waals surface area contributed by atoms with Crippen molar-refractivity contribution < 1.29 is 0 Å². The van der Waals surface area contributed by atoms with Crippen molar-refractivity contribution in [3.05, 3.63) is 12.3 Å². The van der Waals surface area contributed by atoms with Crippen LogP contribution in [-0.2, 0) is 0 Å². The van der Waals surface area contributed by atoms with Crippen molar-refractivity contribution >= 4 is 12.6 Å². The Morgan fingerprint density at radius 2 is 2.11 bits per heavy atom. The van der Waals surface area contributed by atoms with Gasteiger partial charge in [0.25, 0.3) is 0 Å². The van der Waals surface area contributed by atoms with Crippen LogP contribution in [0.5, 0.6) is 0 Å². The molecule has 2 heteroatoms. The monoisotopic (exact) mass is 124 g/mol. The van der Waals surface area contributed by atoms with E-state index in [0.29, 0.717) is 0 Å². The molecule has 0 aliphatic rings. The molecule has 0 aliphatic carbocycles. The molecule has 0 unspecified atom stereocenters. The topological polar surface area (TPSA) is 24.7 Å². The molecule has 0 amide bonds. The van der Waals surface area contributed by atoms with Gasteiger partial charge in [-0.1, -0.05) is 13.0 Å². The number of hydrogen-bond donors (Lipinski definition) is 0. The predicted octanol–water partition coefficient (Wildman–Crippen LogP) is 2.03. The van der Waals surface area contributed by atoms with E-state index in [1.165, 1.54) is 6.34 Å². The molecule has 0 aromatic heterocycles. The maximum Gasteiger partial charge on any atom is 0.114 e. The molecule has 0 atom stereocenters. The van der Waals surface area contributed by atoms with E-state index in [1.54, 1.807) is 6.20 Å². The van der Waals surface area contributed by atoms with Gasteiger partial charge in [-0.3, -0.25) is 0 Å². The summed E-state index contributed by atoms with van der Waals surface area (Å²) in [5, 5.41) is 0. The van der Waals surface area contributed by atoms with Gasteiger partial charge in [0.2, 0.25) is 0 Å². The second-order valence-corrected chi connectivity index (χ2v) is 1.49.